The summed E-state index contributed by atoms with van der Waals surface area (Å²) in [7, 11) is -4.11. The number of hydrogen-bond acceptors (Lipinski definition) is 8. The normalized spacial score (nSPS) is 13.2. The number of hydrogen-bond donors (Lipinski definition) is 2. The first kappa shape index (κ1) is 29.7. The van der Waals surface area contributed by atoms with Crippen molar-refractivity contribution in [1.29, 1.82) is 0 Å². The Bertz CT molecular complexity index is 1320. The maximum Gasteiger partial charge on any atom is 0.407 e. The molecule has 0 saturated carbocycles. The summed E-state index contributed by atoms with van der Waals surface area (Å²) in [4.78, 5) is 26.9. The molecule has 1 aromatic heterocycles. The Morgan fingerprint density at radius 1 is 1.05 bits per heavy atom. The molecule has 0 saturated heterocycles. The van der Waals surface area contributed by atoms with Crippen molar-refractivity contribution < 1.29 is 28.0 Å². The largest absolute Gasteiger partial charge is 0.445 e. The van der Waals surface area contributed by atoms with Crippen LogP contribution in [0.2, 0.25) is 0 Å². The number of nitrogens with one attached hydrogen (secondary N) is 1. The number of aliphatic hydroxyl groups is 1. The van der Waals surface area contributed by atoms with Crippen LogP contribution in [0.4, 0.5) is 10.5 Å². The van der Waals surface area contributed by atoms with Gasteiger partial charge in [0.2, 0.25) is 10.0 Å². The number of aromatic nitrogens is 1. The summed E-state index contributed by atoms with van der Waals surface area (Å²) in [5, 5.41) is 24.9. The van der Waals surface area contributed by atoms with Crippen LogP contribution in [-0.4, -0.2) is 59.1 Å². The van der Waals surface area contributed by atoms with Crippen LogP contribution in [0.3, 0.4) is 0 Å². The number of benzene rings is 2. The van der Waals surface area contributed by atoms with Crippen LogP contribution in [0.25, 0.3) is 0 Å². The number of non-ortho nitro benzene ring substituents is 1. The molecule has 0 spiro atoms. The highest BCUT2D eigenvalue weighted by Gasteiger charge is 2.32. The van der Waals surface area contributed by atoms with E-state index >= 15 is 0 Å². The molecule has 1 amide bonds. The summed E-state index contributed by atoms with van der Waals surface area (Å²) in [6, 6.07) is 16.3. The zero-order valence-corrected chi connectivity index (χ0v) is 22.5. The minimum Gasteiger partial charge on any atom is -0.445 e. The average Bonchev–Trinajstić information content (AvgIpc) is 2.92. The summed E-state index contributed by atoms with van der Waals surface area (Å²) >= 11 is 0. The second kappa shape index (κ2) is 13.8. The summed E-state index contributed by atoms with van der Waals surface area (Å²) in [6.45, 7) is 3.40. The number of alkyl carbamates (subject to hydrolysis) is 1. The molecule has 0 bridgehead atoms. The SMILES string of the molecule is CC(C)CN(C[C@@H](O)C(Cc1ccccc1)NC(=O)OCc1cccnc1)S(=O)(=O)c1ccc([N+](=O)[O-])cc1. The maximum absolute atomic E-state index is 13.5. The van der Waals surface area contributed by atoms with Crippen molar-refractivity contribution in [3.8, 4) is 0 Å². The number of sulfonamides is 1. The fourth-order valence-electron chi connectivity index (χ4n) is 3.88. The lowest BCUT2D eigenvalue weighted by atomic mass is 10.0. The molecule has 2 N–H and O–H groups in total. The van der Waals surface area contributed by atoms with Crippen LogP contribution in [0, 0.1) is 16.0 Å². The number of ether oxygens (including phenoxy) is 1. The van der Waals surface area contributed by atoms with Gasteiger partial charge in [0.1, 0.15) is 6.61 Å². The number of carbonyl (C=O) groups is 1. The lowest BCUT2D eigenvalue weighted by Gasteiger charge is -2.30. The van der Waals surface area contributed by atoms with Crippen molar-refractivity contribution in [2.45, 2.75) is 43.9 Å². The van der Waals surface area contributed by atoms with Crippen molar-refractivity contribution in [2.24, 2.45) is 5.92 Å². The van der Waals surface area contributed by atoms with Crippen LogP contribution < -0.4 is 5.32 Å². The highest BCUT2D eigenvalue weighted by Crippen LogP contribution is 2.22. The second-order valence-electron chi connectivity index (χ2n) is 9.41. The fourth-order valence-corrected chi connectivity index (χ4v) is 5.50. The lowest BCUT2D eigenvalue weighted by Crippen LogP contribution is -2.51. The maximum atomic E-state index is 13.5. The molecule has 0 aliphatic heterocycles. The van der Waals surface area contributed by atoms with Crippen molar-refractivity contribution in [3.05, 3.63) is 100 Å². The van der Waals surface area contributed by atoms with Gasteiger partial charge in [0, 0.05) is 43.2 Å². The first-order valence-corrected chi connectivity index (χ1v) is 13.8. The Morgan fingerprint density at radius 3 is 2.31 bits per heavy atom. The quantitative estimate of drug-likeness (QED) is 0.240. The molecule has 39 heavy (non-hydrogen) atoms. The first-order chi connectivity index (χ1) is 18.6. The van der Waals surface area contributed by atoms with Gasteiger partial charge in [-0.15, -0.1) is 0 Å². The number of amides is 1. The Labute approximate surface area is 227 Å². The smallest absolute Gasteiger partial charge is 0.407 e. The standard InChI is InChI=1S/C27H32N4O7S/c1-20(2)17-30(39(36,37)24-12-10-23(11-13-24)31(34)35)18-26(32)25(15-21-7-4-3-5-8-21)29-27(33)38-19-22-9-6-14-28-16-22/h3-14,16,20,25-26,32H,15,17-19H2,1-2H3,(H,29,33)/t25?,26-/m1/s1. The summed E-state index contributed by atoms with van der Waals surface area (Å²) in [5.41, 5.74) is 1.27. The molecular formula is C27H32N4O7S. The average molecular weight is 557 g/mol. The molecule has 11 nitrogen and oxygen atoms in total. The van der Waals surface area contributed by atoms with Gasteiger partial charge < -0.3 is 15.2 Å². The zero-order valence-electron chi connectivity index (χ0n) is 21.7. The van der Waals surface area contributed by atoms with Crippen LogP contribution in [-0.2, 0) is 27.8 Å². The van der Waals surface area contributed by atoms with E-state index in [-0.39, 0.29) is 42.6 Å². The molecular weight excluding hydrogens is 524 g/mol. The highest BCUT2D eigenvalue weighted by molar-refractivity contribution is 7.89. The van der Waals surface area contributed by atoms with Gasteiger partial charge in [-0.3, -0.25) is 15.1 Å². The molecule has 3 aromatic rings. The summed E-state index contributed by atoms with van der Waals surface area (Å²) in [6.07, 6.45) is 1.31. The molecule has 2 aromatic carbocycles. The van der Waals surface area contributed by atoms with E-state index in [1.807, 2.05) is 44.2 Å². The van der Waals surface area contributed by atoms with E-state index in [4.69, 9.17) is 4.74 Å². The number of nitro benzene ring substituents is 1. The third-order valence-electron chi connectivity index (χ3n) is 5.80. The van der Waals surface area contributed by atoms with E-state index in [1.165, 1.54) is 12.1 Å². The second-order valence-corrected chi connectivity index (χ2v) is 11.4. The van der Waals surface area contributed by atoms with Crippen LogP contribution in [0.1, 0.15) is 25.0 Å². The van der Waals surface area contributed by atoms with Gasteiger partial charge in [-0.05, 0) is 36.1 Å². The highest BCUT2D eigenvalue weighted by atomic mass is 32.2. The molecule has 12 heteroatoms. The Hall–Kier alpha value is -3.87. The molecule has 2 atom stereocenters. The Balaban J connectivity index is 1.80. The number of nitrogens with zero attached hydrogens (tertiary/aromatic N) is 3. The predicted octanol–water partition coefficient (Wildman–Crippen LogP) is 3.54. The van der Waals surface area contributed by atoms with Crippen molar-refractivity contribution in [3.63, 3.8) is 0 Å². The molecule has 3 rings (SSSR count). The fraction of sp³-hybridized carbons (Fsp3) is 0.333. The minimum absolute atomic E-state index is 0.0260. The molecule has 1 unspecified atom stereocenters. The van der Waals surface area contributed by atoms with E-state index in [0.29, 0.717) is 5.56 Å². The number of aliphatic hydroxyl groups excluding tert-OH is 1. The van der Waals surface area contributed by atoms with Gasteiger partial charge in [-0.25, -0.2) is 13.2 Å². The number of pyridine rings is 1. The number of rotatable bonds is 13. The minimum atomic E-state index is -4.11. The molecule has 1 heterocycles. The van der Waals surface area contributed by atoms with Crippen molar-refractivity contribution in [1.82, 2.24) is 14.6 Å². The first-order valence-electron chi connectivity index (χ1n) is 12.3. The molecule has 0 radical (unpaired) electrons. The van der Waals surface area contributed by atoms with Gasteiger partial charge in [-0.1, -0.05) is 50.2 Å². The van der Waals surface area contributed by atoms with E-state index < -0.39 is 33.2 Å². The van der Waals surface area contributed by atoms with Gasteiger partial charge in [0.05, 0.1) is 22.0 Å². The molecule has 0 aliphatic rings. The number of carbonyl (C=O) groups excluding carboxylic acids is 1. The van der Waals surface area contributed by atoms with Gasteiger partial charge in [0.15, 0.2) is 0 Å². The number of nitro groups is 1. The van der Waals surface area contributed by atoms with E-state index in [0.717, 1.165) is 22.0 Å². The van der Waals surface area contributed by atoms with E-state index in [2.05, 4.69) is 10.3 Å². The zero-order chi connectivity index (χ0) is 28.4. The molecule has 0 fully saturated rings. The predicted molar refractivity (Wildman–Crippen MR) is 144 cm³/mol. The third-order valence-corrected chi connectivity index (χ3v) is 7.65. The lowest BCUT2D eigenvalue weighted by molar-refractivity contribution is -0.384. The van der Waals surface area contributed by atoms with Gasteiger partial charge in [0.25, 0.3) is 5.69 Å². The van der Waals surface area contributed by atoms with Crippen LogP contribution >= 0.6 is 0 Å². The van der Waals surface area contributed by atoms with Gasteiger partial charge in [-0.2, -0.15) is 4.31 Å². The topological polar surface area (TPSA) is 152 Å². The Morgan fingerprint density at radius 2 is 1.72 bits per heavy atom. The van der Waals surface area contributed by atoms with Gasteiger partial charge >= 0.3 is 6.09 Å². The van der Waals surface area contributed by atoms with Crippen LogP contribution in [0.15, 0.2) is 84.0 Å². The van der Waals surface area contributed by atoms with Crippen molar-refractivity contribution >= 4 is 21.8 Å². The van der Waals surface area contributed by atoms with Crippen molar-refractivity contribution in [2.75, 3.05) is 13.1 Å². The summed E-state index contributed by atoms with van der Waals surface area (Å²) < 4.78 is 33.4. The monoisotopic (exact) mass is 556 g/mol. The third kappa shape index (κ3) is 8.84. The van der Waals surface area contributed by atoms with Crippen LogP contribution in [0.5, 0.6) is 0 Å². The van der Waals surface area contributed by atoms with E-state index in [1.54, 1.807) is 24.5 Å². The molecule has 208 valence electrons. The van der Waals surface area contributed by atoms with E-state index in [9.17, 15) is 28.4 Å². The Kier molecular flexibility index (Phi) is 10.5. The molecule has 0 aliphatic carbocycles. The summed E-state index contributed by atoms with van der Waals surface area (Å²) in [5.74, 6) is -0.0880.